The molecule has 0 aliphatic heterocycles. The fourth-order valence-corrected chi connectivity index (χ4v) is 1.14. The Labute approximate surface area is 85.0 Å². The fraction of sp³-hybridized carbons (Fsp3) is 0.600. The molecule has 0 saturated heterocycles. The van der Waals surface area contributed by atoms with E-state index in [1.54, 1.807) is 12.4 Å². The number of nitrogens with one attached hydrogen (secondary N) is 1. The van der Waals surface area contributed by atoms with Gasteiger partial charge in [-0.25, -0.2) is 9.97 Å². The highest BCUT2D eigenvalue weighted by Crippen LogP contribution is 2.04. The summed E-state index contributed by atoms with van der Waals surface area (Å²) in [6, 6.07) is 0. The van der Waals surface area contributed by atoms with Gasteiger partial charge in [-0.1, -0.05) is 13.8 Å². The van der Waals surface area contributed by atoms with Gasteiger partial charge in [0.25, 0.3) is 0 Å². The van der Waals surface area contributed by atoms with Gasteiger partial charge < -0.3 is 11.1 Å². The lowest BCUT2D eigenvalue weighted by Crippen LogP contribution is -2.06. The highest BCUT2D eigenvalue weighted by molar-refractivity contribution is 5.35. The second-order valence-corrected chi connectivity index (χ2v) is 3.80. The average molecular weight is 194 g/mol. The van der Waals surface area contributed by atoms with Crippen molar-refractivity contribution in [3.63, 3.8) is 0 Å². The lowest BCUT2D eigenvalue weighted by molar-refractivity contribution is 0.566. The van der Waals surface area contributed by atoms with Crippen LogP contribution in [0.15, 0.2) is 12.4 Å². The van der Waals surface area contributed by atoms with E-state index in [4.69, 9.17) is 5.73 Å². The molecule has 0 aliphatic rings. The van der Waals surface area contributed by atoms with Crippen molar-refractivity contribution in [2.75, 3.05) is 17.6 Å². The Hall–Kier alpha value is -1.32. The standard InChI is InChI=1S/C10H18N4/c1-8(2)4-3-5-12-10-13-6-9(11)7-14-10/h6-8H,3-5,11H2,1-2H3,(H,12,13,14). The van der Waals surface area contributed by atoms with Crippen molar-refractivity contribution in [2.24, 2.45) is 5.92 Å². The third-order valence-corrected chi connectivity index (χ3v) is 1.91. The Morgan fingerprint density at radius 1 is 1.36 bits per heavy atom. The van der Waals surface area contributed by atoms with Crippen LogP contribution in [0.4, 0.5) is 11.6 Å². The summed E-state index contributed by atoms with van der Waals surface area (Å²) in [5.74, 6) is 1.41. The number of hydrogen-bond donors (Lipinski definition) is 2. The third-order valence-electron chi connectivity index (χ3n) is 1.91. The van der Waals surface area contributed by atoms with Crippen molar-refractivity contribution < 1.29 is 0 Å². The highest BCUT2D eigenvalue weighted by Gasteiger charge is 1.96. The van der Waals surface area contributed by atoms with Crippen molar-refractivity contribution in [1.82, 2.24) is 9.97 Å². The Morgan fingerprint density at radius 3 is 2.57 bits per heavy atom. The molecular formula is C10H18N4. The van der Waals surface area contributed by atoms with Gasteiger partial charge in [-0.15, -0.1) is 0 Å². The molecule has 0 atom stereocenters. The van der Waals surface area contributed by atoms with Crippen molar-refractivity contribution in [3.05, 3.63) is 12.4 Å². The molecule has 0 radical (unpaired) electrons. The lowest BCUT2D eigenvalue weighted by atomic mass is 10.1. The number of hydrogen-bond acceptors (Lipinski definition) is 4. The molecule has 0 unspecified atom stereocenters. The number of nitrogen functional groups attached to an aromatic ring is 1. The van der Waals surface area contributed by atoms with E-state index in [2.05, 4.69) is 29.1 Å². The summed E-state index contributed by atoms with van der Waals surface area (Å²) in [5.41, 5.74) is 6.06. The first-order valence-electron chi connectivity index (χ1n) is 5.00. The van der Waals surface area contributed by atoms with Gasteiger partial charge >= 0.3 is 0 Å². The summed E-state index contributed by atoms with van der Waals surface area (Å²) in [5, 5.41) is 3.15. The Balaban J connectivity index is 2.21. The molecule has 0 fully saturated rings. The van der Waals surface area contributed by atoms with Gasteiger partial charge in [0.1, 0.15) is 0 Å². The summed E-state index contributed by atoms with van der Waals surface area (Å²) >= 11 is 0. The number of rotatable bonds is 5. The first-order valence-corrected chi connectivity index (χ1v) is 5.00. The van der Waals surface area contributed by atoms with Crippen LogP contribution < -0.4 is 11.1 Å². The van der Waals surface area contributed by atoms with Crippen LogP contribution in [0.2, 0.25) is 0 Å². The second kappa shape index (κ2) is 5.42. The molecule has 0 bridgehead atoms. The zero-order valence-electron chi connectivity index (χ0n) is 8.83. The number of nitrogens with two attached hydrogens (primary N) is 1. The zero-order chi connectivity index (χ0) is 10.4. The SMILES string of the molecule is CC(C)CCCNc1ncc(N)cn1. The van der Waals surface area contributed by atoms with Crippen LogP contribution in [0, 0.1) is 5.92 Å². The number of aromatic nitrogens is 2. The minimum absolute atomic E-state index is 0.595. The maximum Gasteiger partial charge on any atom is 0.222 e. The molecule has 14 heavy (non-hydrogen) atoms. The monoisotopic (exact) mass is 194 g/mol. The van der Waals surface area contributed by atoms with Crippen LogP contribution in [0.1, 0.15) is 26.7 Å². The second-order valence-electron chi connectivity index (χ2n) is 3.80. The van der Waals surface area contributed by atoms with Crippen molar-refractivity contribution in [2.45, 2.75) is 26.7 Å². The van der Waals surface area contributed by atoms with E-state index in [-0.39, 0.29) is 0 Å². The Bertz CT molecular complexity index is 255. The normalized spacial score (nSPS) is 10.5. The molecule has 1 aromatic rings. The molecule has 0 amide bonds. The predicted molar refractivity (Wildman–Crippen MR) is 59.0 cm³/mol. The van der Waals surface area contributed by atoms with E-state index in [9.17, 15) is 0 Å². The van der Waals surface area contributed by atoms with Crippen LogP contribution in [0.25, 0.3) is 0 Å². The summed E-state index contributed by atoms with van der Waals surface area (Å²) in [7, 11) is 0. The van der Waals surface area contributed by atoms with E-state index in [1.807, 2.05) is 0 Å². The highest BCUT2D eigenvalue weighted by atomic mass is 15.1. The zero-order valence-corrected chi connectivity index (χ0v) is 8.83. The van der Waals surface area contributed by atoms with E-state index in [1.165, 1.54) is 6.42 Å². The predicted octanol–water partition coefficient (Wildman–Crippen LogP) is 1.91. The molecule has 4 nitrogen and oxygen atoms in total. The van der Waals surface area contributed by atoms with Crippen molar-refractivity contribution in [1.29, 1.82) is 0 Å². The van der Waals surface area contributed by atoms with E-state index >= 15 is 0 Å². The average Bonchev–Trinajstić information content (AvgIpc) is 2.15. The van der Waals surface area contributed by atoms with Crippen LogP contribution >= 0.6 is 0 Å². The summed E-state index contributed by atoms with van der Waals surface area (Å²) < 4.78 is 0. The first-order chi connectivity index (χ1) is 6.68. The molecule has 1 rings (SSSR count). The van der Waals surface area contributed by atoms with Crippen LogP contribution in [0.5, 0.6) is 0 Å². The van der Waals surface area contributed by atoms with Gasteiger partial charge in [-0.2, -0.15) is 0 Å². The third kappa shape index (κ3) is 4.07. The van der Waals surface area contributed by atoms with Gasteiger partial charge in [-0.3, -0.25) is 0 Å². The van der Waals surface area contributed by atoms with Crippen molar-refractivity contribution >= 4 is 11.6 Å². The van der Waals surface area contributed by atoms with Gasteiger partial charge in [0.05, 0.1) is 18.1 Å². The minimum Gasteiger partial charge on any atom is -0.396 e. The fourth-order valence-electron chi connectivity index (χ4n) is 1.14. The molecule has 0 aliphatic carbocycles. The quantitative estimate of drug-likeness (QED) is 0.703. The summed E-state index contributed by atoms with van der Waals surface area (Å²) in [6.07, 6.45) is 5.59. The maximum absolute atomic E-state index is 5.47. The van der Waals surface area contributed by atoms with Crippen molar-refractivity contribution in [3.8, 4) is 0 Å². The molecule has 0 aromatic carbocycles. The summed E-state index contributed by atoms with van der Waals surface area (Å²) in [6.45, 7) is 5.36. The molecule has 1 aromatic heterocycles. The van der Waals surface area contributed by atoms with Crippen LogP contribution in [0.3, 0.4) is 0 Å². The largest absolute Gasteiger partial charge is 0.396 e. The topological polar surface area (TPSA) is 63.8 Å². The van der Waals surface area contributed by atoms with Gasteiger partial charge in [0.2, 0.25) is 5.95 Å². The van der Waals surface area contributed by atoms with Gasteiger partial charge in [0, 0.05) is 6.54 Å². The van der Waals surface area contributed by atoms with E-state index in [0.29, 0.717) is 11.6 Å². The lowest BCUT2D eigenvalue weighted by Gasteiger charge is -2.06. The first kappa shape index (κ1) is 10.8. The molecule has 0 saturated carbocycles. The van der Waals surface area contributed by atoms with Crippen LogP contribution in [-0.4, -0.2) is 16.5 Å². The number of anilines is 2. The molecule has 1 heterocycles. The molecule has 0 spiro atoms. The summed E-state index contributed by atoms with van der Waals surface area (Å²) in [4.78, 5) is 8.10. The number of nitrogens with zero attached hydrogens (tertiary/aromatic N) is 2. The van der Waals surface area contributed by atoms with Gasteiger partial charge in [0.15, 0.2) is 0 Å². The molecule has 78 valence electrons. The van der Waals surface area contributed by atoms with E-state index < -0.39 is 0 Å². The Kier molecular flexibility index (Phi) is 4.16. The van der Waals surface area contributed by atoms with Gasteiger partial charge in [-0.05, 0) is 18.8 Å². The minimum atomic E-state index is 0.595. The molecular weight excluding hydrogens is 176 g/mol. The molecule has 3 N–H and O–H groups in total. The smallest absolute Gasteiger partial charge is 0.222 e. The maximum atomic E-state index is 5.47. The van der Waals surface area contributed by atoms with Crippen LogP contribution in [-0.2, 0) is 0 Å². The molecule has 4 heteroatoms. The van der Waals surface area contributed by atoms with E-state index in [0.717, 1.165) is 18.9 Å². The Morgan fingerprint density at radius 2 is 2.00 bits per heavy atom.